The molecule has 1 aromatic heterocycles. The number of rotatable bonds is 4. The SMILES string of the molecule is O=C1C(=O)N(CN2CCN(Cc3ccsc3)CC2)c2ccccc21. The monoisotopic (exact) mass is 341 g/mol. The number of fused-ring (bicyclic) bond motifs is 1. The van der Waals surface area contributed by atoms with Crippen LogP contribution in [-0.2, 0) is 11.3 Å². The zero-order valence-electron chi connectivity index (χ0n) is 13.4. The van der Waals surface area contributed by atoms with Gasteiger partial charge in [0, 0.05) is 32.7 Å². The van der Waals surface area contributed by atoms with Crippen molar-refractivity contribution < 1.29 is 9.59 Å². The van der Waals surface area contributed by atoms with E-state index in [9.17, 15) is 9.59 Å². The van der Waals surface area contributed by atoms with Crippen LogP contribution in [0.2, 0.25) is 0 Å². The van der Waals surface area contributed by atoms with Crippen LogP contribution >= 0.6 is 11.3 Å². The highest BCUT2D eigenvalue weighted by Gasteiger charge is 2.36. The summed E-state index contributed by atoms with van der Waals surface area (Å²) in [5.74, 6) is -0.793. The van der Waals surface area contributed by atoms with Gasteiger partial charge in [-0.15, -0.1) is 0 Å². The Morgan fingerprint density at radius 2 is 1.71 bits per heavy atom. The van der Waals surface area contributed by atoms with Crippen LogP contribution < -0.4 is 4.90 Å². The molecule has 1 fully saturated rings. The highest BCUT2D eigenvalue weighted by Crippen LogP contribution is 2.28. The molecule has 124 valence electrons. The lowest BCUT2D eigenvalue weighted by Crippen LogP contribution is -2.50. The lowest BCUT2D eigenvalue weighted by atomic mass is 10.1. The van der Waals surface area contributed by atoms with Crippen LogP contribution in [-0.4, -0.2) is 54.3 Å². The number of hydrogen-bond acceptors (Lipinski definition) is 5. The second-order valence-electron chi connectivity index (χ2n) is 6.25. The van der Waals surface area contributed by atoms with Crippen molar-refractivity contribution >= 4 is 28.7 Å². The van der Waals surface area contributed by atoms with Crippen molar-refractivity contribution in [3.63, 3.8) is 0 Å². The van der Waals surface area contributed by atoms with Crippen LogP contribution in [0, 0.1) is 0 Å². The second-order valence-corrected chi connectivity index (χ2v) is 7.03. The Morgan fingerprint density at radius 1 is 0.958 bits per heavy atom. The van der Waals surface area contributed by atoms with Crippen LogP contribution in [0.4, 0.5) is 5.69 Å². The minimum atomic E-state index is -0.406. The standard InChI is InChI=1S/C18H19N3O2S/c22-17-15-3-1-2-4-16(15)21(18(17)23)13-20-8-6-19(7-9-20)11-14-5-10-24-12-14/h1-5,10,12H,6-9,11,13H2. The number of benzene rings is 1. The first-order valence-corrected chi connectivity index (χ1v) is 9.07. The Morgan fingerprint density at radius 3 is 2.46 bits per heavy atom. The van der Waals surface area contributed by atoms with Crippen molar-refractivity contribution in [2.24, 2.45) is 0 Å². The highest BCUT2D eigenvalue weighted by molar-refractivity contribution is 7.07. The molecule has 0 N–H and O–H groups in total. The average molecular weight is 341 g/mol. The third kappa shape index (κ3) is 2.88. The number of carbonyl (C=O) groups is 2. The lowest BCUT2D eigenvalue weighted by molar-refractivity contribution is -0.114. The summed E-state index contributed by atoms with van der Waals surface area (Å²) in [6.45, 7) is 5.25. The van der Waals surface area contributed by atoms with E-state index in [1.54, 1.807) is 28.4 Å². The van der Waals surface area contributed by atoms with Crippen molar-refractivity contribution in [3.8, 4) is 0 Å². The van der Waals surface area contributed by atoms with Crippen LogP contribution in [0.3, 0.4) is 0 Å². The summed E-state index contributed by atoms with van der Waals surface area (Å²) in [6, 6.07) is 9.43. The molecular formula is C18H19N3O2S. The molecule has 0 unspecified atom stereocenters. The molecular weight excluding hydrogens is 322 g/mol. The van der Waals surface area contributed by atoms with Crippen molar-refractivity contribution in [2.45, 2.75) is 6.54 Å². The minimum Gasteiger partial charge on any atom is -0.297 e. The predicted molar refractivity (Wildman–Crippen MR) is 94.3 cm³/mol. The van der Waals surface area contributed by atoms with Crippen LogP contribution in [0.15, 0.2) is 41.1 Å². The van der Waals surface area contributed by atoms with Gasteiger partial charge in [0.15, 0.2) is 0 Å². The zero-order chi connectivity index (χ0) is 16.5. The molecule has 0 saturated carbocycles. The van der Waals surface area contributed by atoms with E-state index in [0.717, 1.165) is 38.4 Å². The highest BCUT2D eigenvalue weighted by atomic mass is 32.1. The van der Waals surface area contributed by atoms with E-state index in [1.165, 1.54) is 5.56 Å². The summed E-state index contributed by atoms with van der Waals surface area (Å²) >= 11 is 1.73. The minimum absolute atomic E-state index is 0.387. The van der Waals surface area contributed by atoms with Gasteiger partial charge in [-0.2, -0.15) is 11.3 Å². The number of hydrogen-bond donors (Lipinski definition) is 0. The van der Waals surface area contributed by atoms with Gasteiger partial charge in [-0.05, 0) is 34.5 Å². The Kier molecular flexibility index (Phi) is 4.18. The predicted octanol–water partition coefficient (Wildman–Crippen LogP) is 2.05. The molecule has 2 aliphatic heterocycles. The largest absolute Gasteiger partial charge is 0.300 e. The smallest absolute Gasteiger partial charge is 0.297 e. The Labute approximate surface area is 145 Å². The molecule has 1 amide bonds. The third-order valence-corrected chi connectivity index (χ3v) is 5.40. The molecule has 2 aliphatic rings. The zero-order valence-corrected chi connectivity index (χ0v) is 14.2. The molecule has 4 rings (SSSR count). The normalized spacial score (nSPS) is 19.1. The quantitative estimate of drug-likeness (QED) is 0.799. The van der Waals surface area contributed by atoms with Crippen LogP contribution in [0.1, 0.15) is 15.9 Å². The van der Waals surface area contributed by atoms with Gasteiger partial charge in [-0.3, -0.25) is 24.3 Å². The summed E-state index contributed by atoms with van der Waals surface area (Å²) in [5, 5.41) is 4.30. The lowest BCUT2D eigenvalue weighted by Gasteiger charge is -2.36. The fourth-order valence-corrected chi connectivity index (χ4v) is 3.98. The van der Waals surface area contributed by atoms with Gasteiger partial charge in [0.25, 0.3) is 5.78 Å². The molecule has 1 saturated heterocycles. The van der Waals surface area contributed by atoms with E-state index in [-0.39, 0.29) is 5.78 Å². The maximum absolute atomic E-state index is 12.3. The van der Waals surface area contributed by atoms with E-state index in [0.29, 0.717) is 12.2 Å². The molecule has 0 aliphatic carbocycles. The Hall–Kier alpha value is -2.02. The number of anilines is 1. The number of nitrogens with zero attached hydrogens (tertiary/aromatic N) is 3. The van der Waals surface area contributed by atoms with E-state index >= 15 is 0 Å². The maximum Gasteiger partial charge on any atom is 0.300 e. The van der Waals surface area contributed by atoms with Gasteiger partial charge in [-0.25, -0.2) is 0 Å². The van der Waals surface area contributed by atoms with E-state index in [4.69, 9.17) is 0 Å². The molecule has 1 aromatic carbocycles. The number of para-hydroxylation sites is 1. The molecule has 0 bridgehead atoms. The molecule has 2 aromatic rings. The van der Waals surface area contributed by atoms with E-state index < -0.39 is 5.91 Å². The average Bonchev–Trinajstić information content (AvgIpc) is 3.20. The van der Waals surface area contributed by atoms with Crippen molar-refractivity contribution in [1.29, 1.82) is 0 Å². The number of carbonyl (C=O) groups excluding carboxylic acids is 2. The molecule has 0 radical (unpaired) electrons. The third-order valence-electron chi connectivity index (χ3n) is 4.67. The summed E-state index contributed by atoms with van der Waals surface area (Å²) in [7, 11) is 0. The first-order valence-electron chi connectivity index (χ1n) is 8.13. The van der Waals surface area contributed by atoms with Gasteiger partial charge in [0.2, 0.25) is 0 Å². The second kappa shape index (κ2) is 6.47. The van der Waals surface area contributed by atoms with Gasteiger partial charge in [0.05, 0.1) is 17.9 Å². The molecule has 0 spiro atoms. The molecule has 0 atom stereocenters. The fourth-order valence-electron chi connectivity index (χ4n) is 3.32. The summed E-state index contributed by atoms with van der Waals surface area (Å²) in [6.07, 6.45) is 0. The number of Topliss-reactive ketones (excluding diaryl/α,β-unsaturated/α-hetero) is 1. The van der Waals surface area contributed by atoms with Crippen LogP contribution in [0.5, 0.6) is 0 Å². The number of amides is 1. The van der Waals surface area contributed by atoms with Crippen molar-refractivity contribution in [3.05, 3.63) is 52.2 Å². The van der Waals surface area contributed by atoms with Gasteiger partial charge in [0.1, 0.15) is 0 Å². The Balaban J connectivity index is 1.37. The number of piperazine rings is 1. The topological polar surface area (TPSA) is 43.9 Å². The summed E-state index contributed by atoms with van der Waals surface area (Å²) < 4.78 is 0. The number of thiophene rings is 1. The van der Waals surface area contributed by atoms with Crippen LogP contribution in [0.25, 0.3) is 0 Å². The van der Waals surface area contributed by atoms with Gasteiger partial charge < -0.3 is 0 Å². The molecule has 24 heavy (non-hydrogen) atoms. The maximum atomic E-state index is 12.3. The Bertz CT molecular complexity index is 751. The van der Waals surface area contributed by atoms with E-state index in [2.05, 4.69) is 26.6 Å². The molecule has 5 nitrogen and oxygen atoms in total. The van der Waals surface area contributed by atoms with Crippen molar-refractivity contribution in [1.82, 2.24) is 9.80 Å². The van der Waals surface area contributed by atoms with Crippen molar-refractivity contribution in [2.75, 3.05) is 37.7 Å². The number of ketones is 1. The summed E-state index contributed by atoms with van der Waals surface area (Å²) in [5.41, 5.74) is 2.63. The first kappa shape index (κ1) is 15.5. The summed E-state index contributed by atoms with van der Waals surface area (Å²) in [4.78, 5) is 30.6. The van der Waals surface area contributed by atoms with Gasteiger partial charge >= 0.3 is 5.91 Å². The van der Waals surface area contributed by atoms with E-state index in [1.807, 2.05) is 12.1 Å². The fraction of sp³-hybridized carbons (Fsp3) is 0.333. The molecule has 3 heterocycles. The molecule has 6 heteroatoms. The van der Waals surface area contributed by atoms with Gasteiger partial charge in [-0.1, -0.05) is 12.1 Å². The first-order chi connectivity index (χ1) is 11.7.